The van der Waals surface area contributed by atoms with Crippen LogP contribution in [-0.2, 0) is 17.8 Å². The Hall–Kier alpha value is -2.81. The van der Waals surface area contributed by atoms with E-state index in [1.807, 2.05) is 12.1 Å². The predicted molar refractivity (Wildman–Crippen MR) is 109 cm³/mol. The molecule has 0 aromatic heterocycles. The van der Waals surface area contributed by atoms with E-state index in [9.17, 15) is 4.79 Å². The molecule has 0 heterocycles. The van der Waals surface area contributed by atoms with Crippen LogP contribution < -0.4 is 4.74 Å². The SMILES string of the molecule is Cc1ccc(COc2cccc(CCCCCC(=O)O)c2)c2ccccc12. The summed E-state index contributed by atoms with van der Waals surface area (Å²) in [6, 6.07) is 20.9. The molecule has 0 saturated carbocycles. The number of fused-ring (bicyclic) bond motifs is 1. The summed E-state index contributed by atoms with van der Waals surface area (Å²) in [6.45, 7) is 2.68. The Morgan fingerprint density at radius 2 is 1.74 bits per heavy atom. The van der Waals surface area contributed by atoms with Crippen molar-refractivity contribution in [3.63, 3.8) is 0 Å². The summed E-state index contributed by atoms with van der Waals surface area (Å²) in [7, 11) is 0. The normalized spacial score (nSPS) is 10.9. The number of ether oxygens (including phenoxy) is 1. The van der Waals surface area contributed by atoms with Gasteiger partial charge >= 0.3 is 5.97 Å². The van der Waals surface area contributed by atoms with Gasteiger partial charge in [-0.05, 0) is 65.8 Å². The van der Waals surface area contributed by atoms with Crippen molar-refractivity contribution in [2.24, 2.45) is 0 Å². The van der Waals surface area contributed by atoms with E-state index in [4.69, 9.17) is 9.84 Å². The smallest absolute Gasteiger partial charge is 0.303 e. The van der Waals surface area contributed by atoms with Crippen LogP contribution in [0, 0.1) is 6.92 Å². The Bertz CT molecular complexity index is 914. The molecule has 0 atom stereocenters. The number of carboxylic acids is 1. The lowest BCUT2D eigenvalue weighted by Crippen LogP contribution is -1.98. The molecule has 0 spiro atoms. The maximum Gasteiger partial charge on any atom is 0.303 e. The lowest BCUT2D eigenvalue weighted by Gasteiger charge is -2.11. The summed E-state index contributed by atoms with van der Waals surface area (Å²) < 4.78 is 6.06. The quantitative estimate of drug-likeness (QED) is 0.481. The molecule has 0 aliphatic carbocycles. The fourth-order valence-electron chi connectivity index (χ4n) is 3.37. The van der Waals surface area contributed by atoms with Crippen molar-refractivity contribution in [2.45, 2.75) is 45.6 Å². The van der Waals surface area contributed by atoms with E-state index in [1.165, 1.54) is 27.5 Å². The van der Waals surface area contributed by atoms with Gasteiger partial charge in [0.2, 0.25) is 0 Å². The van der Waals surface area contributed by atoms with Crippen LogP contribution in [0.5, 0.6) is 5.75 Å². The zero-order valence-electron chi connectivity index (χ0n) is 15.8. The molecule has 0 amide bonds. The largest absolute Gasteiger partial charge is 0.489 e. The second kappa shape index (κ2) is 9.22. The van der Waals surface area contributed by atoms with Crippen LogP contribution in [0.1, 0.15) is 42.4 Å². The van der Waals surface area contributed by atoms with Crippen molar-refractivity contribution in [1.82, 2.24) is 0 Å². The third kappa shape index (κ3) is 5.33. The van der Waals surface area contributed by atoms with Crippen LogP contribution in [0.4, 0.5) is 0 Å². The maximum absolute atomic E-state index is 10.5. The van der Waals surface area contributed by atoms with Crippen molar-refractivity contribution in [2.75, 3.05) is 0 Å². The van der Waals surface area contributed by atoms with E-state index in [1.54, 1.807) is 0 Å². The first-order valence-corrected chi connectivity index (χ1v) is 9.54. The van der Waals surface area contributed by atoms with Gasteiger partial charge in [0.25, 0.3) is 0 Å². The Morgan fingerprint density at radius 3 is 2.56 bits per heavy atom. The summed E-state index contributed by atoms with van der Waals surface area (Å²) in [5.41, 5.74) is 3.70. The van der Waals surface area contributed by atoms with Crippen molar-refractivity contribution in [1.29, 1.82) is 0 Å². The molecule has 3 heteroatoms. The Balaban J connectivity index is 1.59. The minimum Gasteiger partial charge on any atom is -0.489 e. The lowest BCUT2D eigenvalue weighted by molar-refractivity contribution is -0.137. The molecular formula is C24H26O3. The van der Waals surface area contributed by atoms with E-state index in [2.05, 4.69) is 55.5 Å². The monoisotopic (exact) mass is 362 g/mol. The number of hydrogen-bond donors (Lipinski definition) is 1. The Kier molecular flexibility index (Phi) is 6.48. The second-order valence-electron chi connectivity index (χ2n) is 6.98. The summed E-state index contributed by atoms with van der Waals surface area (Å²) in [5.74, 6) is 0.164. The van der Waals surface area contributed by atoms with Crippen LogP contribution in [0.15, 0.2) is 60.7 Å². The van der Waals surface area contributed by atoms with Gasteiger partial charge in [-0.25, -0.2) is 0 Å². The van der Waals surface area contributed by atoms with E-state index in [-0.39, 0.29) is 6.42 Å². The molecule has 0 radical (unpaired) electrons. The van der Waals surface area contributed by atoms with E-state index in [0.717, 1.165) is 31.4 Å². The number of aliphatic carboxylic acids is 1. The fourth-order valence-corrected chi connectivity index (χ4v) is 3.37. The van der Waals surface area contributed by atoms with Crippen molar-refractivity contribution in [3.05, 3.63) is 77.4 Å². The summed E-state index contributed by atoms with van der Waals surface area (Å²) >= 11 is 0. The van der Waals surface area contributed by atoms with Gasteiger partial charge in [0.15, 0.2) is 0 Å². The first kappa shape index (κ1) is 19.0. The molecule has 0 saturated heterocycles. The molecule has 1 N–H and O–H groups in total. The molecule has 3 aromatic rings. The van der Waals surface area contributed by atoms with Gasteiger partial charge in [-0.2, -0.15) is 0 Å². The second-order valence-corrected chi connectivity index (χ2v) is 6.98. The molecule has 0 aliphatic heterocycles. The summed E-state index contributed by atoms with van der Waals surface area (Å²) in [5, 5.41) is 11.2. The number of aryl methyl sites for hydroxylation is 2. The van der Waals surface area contributed by atoms with Crippen LogP contribution in [0.2, 0.25) is 0 Å². The molecule has 0 unspecified atom stereocenters. The number of rotatable bonds is 9. The molecular weight excluding hydrogens is 336 g/mol. The molecule has 0 aliphatic rings. The van der Waals surface area contributed by atoms with Gasteiger partial charge in [-0.15, -0.1) is 0 Å². The van der Waals surface area contributed by atoms with Crippen LogP contribution >= 0.6 is 0 Å². The highest BCUT2D eigenvalue weighted by Gasteiger charge is 2.05. The maximum atomic E-state index is 10.5. The number of unbranched alkanes of at least 4 members (excludes halogenated alkanes) is 2. The molecule has 27 heavy (non-hydrogen) atoms. The zero-order valence-corrected chi connectivity index (χ0v) is 15.8. The number of carboxylic acid groups (broad SMARTS) is 1. The van der Waals surface area contributed by atoms with Crippen LogP contribution in [0.25, 0.3) is 10.8 Å². The van der Waals surface area contributed by atoms with Crippen LogP contribution in [-0.4, -0.2) is 11.1 Å². The third-order valence-electron chi connectivity index (χ3n) is 4.88. The lowest BCUT2D eigenvalue weighted by atomic mass is 10.0. The Labute approximate surface area is 160 Å². The number of hydrogen-bond acceptors (Lipinski definition) is 2. The van der Waals surface area contributed by atoms with Gasteiger partial charge in [0.1, 0.15) is 12.4 Å². The molecule has 3 rings (SSSR count). The predicted octanol–water partition coefficient (Wildman–Crippen LogP) is 5.91. The topological polar surface area (TPSA) is 46.5 Å². The molecule has 0 fully saturated rings. The Morgan fingerprint density at radius 1 is 0.926 bits per heavy atom. The molecule has 3 aromatic carbocycles. The van der Waals surface area contributed by atoms with Gasteiger partial charge in [-0.3, -0.25) is 4.79 Å². The number of benzene rings is 3. The zero-order chi connectivity index (χ0) is 19.1. The van der Waals surface area contributed by atoms with Gasteiger partial charge in [0, 0.05) is 6.42 Å². The van der Waals surface area contributed by atoms with Crippen LogP contribution in [0.3, 0.4) is 0 Å². The standard InChI is InChI=1S/C24H26O3/c1-18-14-15-20(23-12-6-5-11-22(18)23)17-27-21-10-7-9-19(16-21)8-3-2-4-13-24(25)26/h5-7,9-12,14-16H,2-4,8,13,17H2,1H3,(H,25,26). The van der Waals surface area contributed by atoms with Gasteiger partial charge in [-0.1, -0.05) is 55.0 Å². The van der Waals surface area contributed by atoms with E-state index >= 15 is 0 Å². The highest BCUT2D eigenvalue weighted by molar-refractivity contribution is 5.88. The highest BCUT2D eigenvalue weighted by Crippen LogP contribution is 2.24. The van der Waals surface area contributed by atoms with Crippen molar-refractivity contribution < 1.29 is 14.6 Å². The molecule has 3 nitrogen and oxygen atoms in total. The fraction of sp³-hybridized carbons (Fsp3) is 0.292. The summed E-state index contributed by atoms with van der Waals surface area (Å²) in [4.78, 5) is 10.5. The van der Waals surface area contributed by atoms with Gasteiger partial charge in [0.05, 0.1) is 0 Å². The third-order valence-corrected chi connectivity index (χ3v) is 4.88. The van der Waals surface area contributed by atoms with Crippen molar-refractivity contribution >= 4 is 16.7 Å². The van der Waals surface area contributed by atoms with Gasteiger partial charge < -0.3 is 9.84 Å². The highest BCUT2D eigenvalue weighted by atomic mass is 16.5. The first-order valence-electron chi connectivity index (χ1n) is 9.54. The first-order chi connectivity index (χ1) is 13.1. The minimum atomic E-state index is -0.714. The average Bonchev–Trinajstić information content (AvgIpc) is 2.68. The summed E-state index contributed by atoms with van der Waals surface area (Å²) in [6.07, 6.45) is 3.88. The molecule has 0 bridgehead atoms. The molecule has 140 valence electrons. The van der Waals surface area contributed by atoms with Crippen molar-refractivity contribution in [3.8, 4) is 5.75 Å². The van der Waals surface area contributed by atoms with E-state index in [0.29, 0.717) is 6.61 Å². The average molecular weight is 362 g/mol. The van der Waals surface area contributed by atoms with E-state index < -0.39 is 5.97 Å². The minimum absolute atomic E-state index is 0.258. The number of carbonyl (C=O) groups is 1.